The van der Waals surface area contributed by atoms with Crippen LogP contribution in [-0.2, 0) is 0 Å². The molecule has 0 aromatic heterocycles. The van der Waals surface area contributed by atoms with Gasteiger partial charge in [0.05, 0.1) is 12.2 Å². The molecular weight excluding hydrogens is 200 g/mol. The Hall–Kier alpha value is -0.600. The van der Waals surface area contributed by atoms with E-state index in [2.05, 4.69) is 24.3 Å². The Labute approximate surface area is 96.7 Å². The summed E-state index contributed by atoms with van der Waals surface area (Å²) in [5.41, 5.74) is 0.516. The molecule has 2 unspecified atom stereocenters. The molecule has 2 N–H and O–H groups in total. The van der Waals surface area contributed by atoms with E-state index in [4.69, 9.17) is 0 Å². The lowest BCUT2D eigenvalue weighted by atomic mass is 9.61. The van der Waals surface area contributed by atoms with Gasteiger partial charge < -0.3 is 10.2 Å². The highest BCUT2D eigenvalue weighted by molar-refractivity contribution is 5.31. The van der Waals surface area contributed by atoms with Gasteiger partial charge in [-0.05, 0) is 43.9 Å². The van der Waals surface area contributed by atoms with E-state index in [1.54, 1.807) is 0 Å². The fourth-order valence-corrected chi connectivity index (χ4v) is 3.93. The molecule has 1 fully saturated rings. The van der Waals surface area contributed by atoms with Crippen molar-refractivity contribution < 1.29 is 10.2 Å². The van der Waals surface area contributed by atoms with Crippen molar-refractivity contribution in [2.45, 2.75) is 50.7 Å². The molecule has 2 heteroatoms. The zero-order chi connectivity index (χ0) is 11.2. The van der Waals surface area contributed by atoms with Crippen LogP contribution in [0.3, 0.4) is 0 Å². The highest BCUT2D eigenvalue weighted by Gasteiger charge is 2.52. The highest BCUT2D eigenvalue weighted by atomic mass is 16.3. The smallest absolute Gasteiger partial charge is 0.0799 e. The van der Waals surface area contributed by atoms with E-state index in [-0.39, 0.29) is 5.41 Å². The number of allylic oxidation sites excluding steroid dienone is 4. The van der Waals surface area contributed by atoms with Crippen molar-refractivity contribution in [2.24, 2.45) is 10.8 Å². The molecule has 1 saturated carbocycles. The number of hydrogen-bond acceptors (Lipinski definition) is 2. The molecule has 0 aromatic rings. The lowest BCUT2D eigenvalue weighted by molar-refractivity contribution is -0.0272. The summed E-state index contributed by atoms with van der Waals surface area (Å²) in [4.78, 5) is 0. The molecule has 2 nitrogen and oxygen atoms in total. The number of rotatable bonds is 0. The molecule has 0 amide bonds. The Morgan fingerprint density at radius 3 is 2.06 bits per heavy atom. The Balaban J connectivity index is 1.92. The van der Waals surface area contributed by atoms with E-state index < -0.39 is 12.2 Å². The predicted octanol–water partition coefficient (Wildman–Crippen LogP) is 2.17. The van der Waals surface area contributed by atoms with Crippen molar-refractivity contribution >= 4 is 0 Å². The molecule has 88 valence electrons. The van der Waals surface area contributed by atoms with Gasteiger partial charge in [-0.1, -0.05) is 24.3 Å². The molecule has 0 aromatic carbocycles. The molecule has 3 aliphatic rings. The first-order valence-corrected chi connectivity index (χ1v) is 6.39. The van der Waals surface area contributed by atoms with Crippen LogP contribution in [0.25, 0.3) is 0 Å². The van der Waals surface area contributed by atoms with Gasteiger partial charge in [0.2, 0.25) is 0 Å². The monoisotopic (exact) mass is 220 g/mol. The standard InChI is InChI=1S/C14H20O2/c15-11-3-9-13-5-1-6-14(13,8-2-7-13)10-4-12(11)16/h1-2,5,7,11-12,15-16H,3-4,6,8-10H2. The molecule has 0 heterocycles. The first-order valence-electron chi connectivity index (χ1n) is 6.39. The van der Waals surface area contributed by atoms with Crippen LogP contribution in [0.15, 0.2) is 24.3 Å². The second kappa shape index (κ2) is 3.44. The summed E-state index contributed by atoms with van der Waals surface area (Å²) in [5.74, 6) is 0. The second-order valence-corrected chi connectivity index (χ2v) is 5.75. The fraction of sp³-hybridized carbons (Fsp3) is 0.714. The van der Waals surface area contributed by atoms with E-state index in [1.165, 1.54) is 0 Å². The lowest BCUT2D eigenvalue weighted by Crippen LogP contribution is -2.39. The van der Waals surface area contributed by atoms with Crippen molar-refractivity contribution in [3.8, 4) is 0 Å². The predicted molar refractivity (Wildman–Crippen MR) is 62.9 cm³/mol. The maximum atomic E-state index is 9.83. The van der Waals surface area contributed by atoms with Crippen LogP contribution in [-0.4, -0.2) is 22.4 Å². The third kappa shape index (κ3) is 1.26. The van der Waals surface area contributed by atoms with Crippen LogP contribution in [0, 0.1) is 10.8 Å². The largest absolute Gasteiger partial charge is 0.390 e. The fourth-order valence-electron chi connectivity index (χ4n) is 3.93. The number of aliphatic hydroxyl groups is 2. The number of hydrogen-bond donors (Lipinski definition) is 2. The number of aliphatic hydroxyl groups excluding tert-OH is 2. The highest BCUT2D eigenvalue weighted by Crippen LogP contribution is 2.61. The van der Waals surface area contributed by atoms with Crippen LogP contribution in [0.4, 0.5) is 0 Å². The van der Waals surface area contributed by atoms with Crippen molar-refractivity contribution in [1.29, 1.82) is 0 Å². The quantitative estimate of drug-likeness (QED) is 0.614. The minimum atomic E-state index is -0.532. The molecule has 16 heavy (non-hydrogen) atoms. The minimum Gasteiger partial charge on any atom is -0.390 e. The SMILES string of the molecule is OC1CCC23C=CCC2(CC=C3)CCC1O. The molecule has 0 radical (unpaired) electrons. The van der Waals surface area contributed by atoms with Crippen LogP contribution in [0.5, 0.6) is 0 Å². The molecule has 0 aliphatic heterocycles. The molecule has 0 saturated heterocycles. The van der Waals surface area contributed by atoms with E-state index in [9.17, 15) is 10.2 Å². The molecule has 3 aliphatic carbocycles. The van der Waals surface area contributed by atoms with Crippen LogP contribution in [0.2, 0.25) is 0 Å². The topological polar surface area (TPSA) is 40.5 Å². The molecule has 0 bridgehead atoms. The van der Waals surface area contributed by atoms with Gasteiger partial charge in [-0.3, -0.25) is 0 Å². The third-order valence-electron chi connectivity index (χ3n) is 5.05. The van der Waals surface area contributed by atoms with Crippen LogP contribution >= 0.6 is 0 Å². The first kappa shape index (κ1) is 10.5. The van der Waals surface area contributed by atoms with E-state index in [0.29, 0.717) is 5.41 Å². The molecule has 3 rings (SSSR count). The van der Waals surface area contributed by atoms with Crippen LogP contribution in [0.1, 0.15) is 38.5 Å². The molecular formula is C14H20O2. The summed E-state index contributed by atoms with van der Waals surface area (Å²) in [7, 11) is 0. The summed E-state index contributed by atoms with van der Waals surface area (Å²) in [5, 5.41) is 19.6. The zero-order valence-corrected chi connectivity index (χ0v) is 9.60. The van der Waals surface area contributed by atoms with E-state index in [1.807, 2.05) is 0 Å². The maximum Gasteiger partial charge on any atom is 0.0799 e. The van der Waals surface area contributed by atoms with E-state index in [0.717, 1.165) is 38.5 Å². The molecule has 0 spiro atoms. The minimum absolute atomic E-state index is 0.189. The van der Waals surface area contributed by atoms with Gasteiger partial charge >= 0.3 is 0 Å². The summed E-state index contributed by atoms with van der Waals surface area (Å²) < 4.78 is 0. The Bertz CT molecular complexity index is 327. The summed E-state index contributed by atoms with van der Waals surface area (Å²) in [6, 6.07) is 0. The maximum absolute atomic E-state index is 9.83. The normalized spacial score (nSPS) is 50.9. The van der Waals surface area contributed by atoms with Gasteiger partial charge in [-0.25, -0.2) is 0 Å². The second-order valence-electron chi connectivity index (χ2n) is 5.75. The van der Waals surface area contributed by atoms with Gasteiger partial charge in [-0.15, -0.1) is 0 Å². The first-order chi connectivity index (χ1) is 7.68. The average molecular weight is 220 g/mol. The van der Waals surface area contributed by atoms with Crippen molar-refractivity contribution in [3.63, 3.8) is 0 Å². The Kier molecular flexibility index (Phi) is 2.27. The lowest BCUT2D eigenvalue weighted by Gasteiger charge is -2.43. The van der Waals surface area contributed by atoms with Crippen molar-refractivity contribution in [1.82, 2.24) is 0 Å². The average Bonchev–Trinajstić information content (AvgIpc) is 2.75. The molecule has 2 atom stereocenters. The van der Waals surface area contributed by atoms with E-state index >= 15 is 0 Å². The van der Waals surface area contributed by atoms with Gasteiger partial charge in [0.25, 0.3) is 0 Å². The summed E-state index contributed by atoms with van der Waals surface area (Å²) in [6.45, 7) is 0. The third-order valence-corrected chi connectivity index (χ3v) is 5.05. The van der Waals surface area contributed by atoms with Gasteiger partial charge in [0.15, 0.2) is 0 Å². The van der Waals surface area contributed by atoms with Crippen molar-refractivity contribution in [3.05, 3.63) is 24.3 Å². The van der Waals surface area contributed by atoms with Gasteiger partial charge in [0.1, 0.15) is 0 Å². The van der Waals surface area contributed by atoms with Crippen molar-refractivity contribution in [2.75, 3.05) is 0 Å². The zero-order valence-electron chi connectivity index (χ0n) is 9.60. The van der Waals surface area contributed by atoms with Crippen LogP contribution < -0.4 is 0 Å². The summed E-state index contributed by atoms with van der Waals surface area (Å²) >= 11 is 0. The van der Waals surface area contributed by atoms with Gasteiger partial charge in [-0.2, -0.15) is 0 Å². The summed E-state index contributed by atoms with van der Waals surface area (Å²) in [6.07, 6.45) is 14.0. The Morgan fingerprint density at radius 1 is 0.875 bits per heavy atom. The van der Waals surface area contributed by atoms with Gasteiger partial charge in [0, 0.05) is 5.41 Å². The Morgan fingerprint density at radius 2 is 1.44 bits per heavy atom.